The number of halogens is 1. The fourth-order valence-corrected chi connectivity index (χ4v) is 5.47. The number of rotatable bonds is 3. The smallest absolute Gasteiger partial charge is 0.252 e. The van der Waals surface area contributed by atoms with Crippen molar-refractivity contribution in [2.24, 2.45) is 11.7 Å². The average molecular weight is 325 g/mol. The lowest BCUT2D eigenvalue weighted by atomic mass is 10.1. The predicted octanol–water partition coefficient (Wildman–Crippen LogP) is 1.48. The minimum Gasteiger partial charge on any atom is -0.330 e. The van der Waals surface area contributed by atoms with Crippen LogP contribution in [0, 0.1) is 5.92 Å². The highest BCUT2D eigenvalue weighted by Gasteiger charge is 2.32. The maximum atomic E-state index is 12.2. The number of nitrogens with zero attached hydrogens (tertiary/aromatic N) is 1. The molecule has 0 aromatic carbocycles. The van der Waals surface area contributed by atoms with Gasteiger partial charge in [-0.25, -0.2) is 8.42 Å². The van der Waals surface area contributed by atoms with E-state index < -0.39 is 10.0 Å². The molecule has 0 unspecified atom stereocenters. The van der Waals surface area contributed by atoms with E-state index >= 15 is 0 Å². The van der Waals surface area contributed by atoms with E-state index in [0.29, 0.717) is 29.8 Å². The largest absolute Gasteiger partial charge is 0.330 e. The Balaban J connectivity index is 2.21. The molecule has 1 aliphatic rings. The van der Waals surface area contributed by atoms with Crippen LogP contribution in [0.1, 0.15) is 6.42 Å². The molecule has 0 saturated carbocycles. The van der Waals surface area contributed by atoms with Gasteiger partial charge in [-0.2, -0.15) is 4.31 Å². The third kappa shape index (κ3) is 2.33. The van der Waals surface area contributed by atoms with E-state index in [1.165, 1.54) is 15.6 Å². The molecule has 1 aromatic heterocycles. The van der Waals surface area contributed by atoms with E-state index in [-0.39, 0.29) is 0 Å². The third-order valence-electron chi connectivity index (χ3n) is 2.72. The first-order chi connectivity index (χ1) is 7.54. The first-order valence-corrected chi connectivity index (χ1v) is 8.04. The van der Waals surface area contributed by atoms with Gasteiger partial charge >= 0.3 is 0 Å². The van der Waals surface area contributed by atoms with Gasteiger partial charge in [-0.05, 0) is 46.9 Å². The maximum absolute atomic E-state index is 12.2. The van der Waals surface area contributed by atoms with Crippen molar-refractivity contribution in [2.45, 2.75) is 10.6 Å². The lowest BCUT2D eigenvalue weighted by molar-refractivity contribution is 0.460. The van der Waals surface area contributed by atoms with Crippen LogP contribution in [0.2, 0.25) is 0 Å². The third-order valence-corrected chi connectivity index (χ3v) is 6.68. The van der Waals surface area contributed by atoms with E-state index in [1.54, 1.807) is 12.1 Å². The zero-order chi connectivity index (χ0) is 11.8. The van der Waals surface area contributed by atoms with Crippen molar-refractivity contribution in [3.8, 4) is 0 Å². The topological polar surface area (TPSA) is 63.4 Å². The minimum absolute atomic E-state index is 0.304. The van der Waals surface area contributed by atoms with Crippen LogP contribution in [-0.2, 0) is 10.0 Å². The van der Waals surface area contributed by atoms with Crippen molar-refractivity contribution in [3.63, 3.8) is 0 Å². The summed E-state index contributed by atoms with van der Waals surface area (Å²) in [6.07, 6.45) is 0.863. The summed E-state index contributed by atoms with van der Waals surface area (Å²) in [7, 11) is -3.29. The Kier molecular flexibility index (Phi) is 3.70. The molecule has 2 rings (SSSR count). The molecule has 2 heterocycles. The molecule has 1 saturated heterocycles. The second-order valence-electron chi connectivity index (χ2n) is 3.81. The number of nitrogens with two attached hydrogens (primary N) is 1. The highest BCUT2D eigenvalue weighted by Crippen LogP contribution is 2.30. The van der Waals surface area contributed by atoms with Crippen molar-refractivity contribution in [2.75, 3.05) is 19.6 Å². The van der Waals surface area contributed by atoms with Gasteiger partial charge in [0.25, 0.3) is 10.0 Å². The molecule has 0 spiro atoms. The Morgan fingerprint density at radius 3 is 2.81 bits per heavy atom. The molecular weight excluding hydrogens is 312 g/mol. The molecule has 0 aliphatic carbocycles. The molecule has 1 aromatic rings. The van der Waals surface area contributed by atoms with Crippen molar-refractivity contribution in [1.82, 2.24) is 4.31 Å². The Labute approximate surface area is 108 Å². The van der Waals surface area contributed by atoms with Crippen molar-refractivity contribution in [3.05, 3.63) is 15.9 Å². The molecule has 7 heteroatoms. The molecule has 4 nitrogen and oxygen atoms in total. The fourth-order valence-electron chi connectivity index (χ4n) is 1.77. The van der Waals surface area contributed by atoms with Crippen LogP contribution in [0.5, 0.6) is 0 Å². The highest BCUT2D eigenvalue weighted by molar-refractivity contribution is 9.11. The quantitative estimate of drug-likeness (QED) is 0.916. The maximum Gasteiger partial charge on any atom is 0.252 e. The van der Waals surface area contributed by atoms with Gasteiger partial charge in [-0.1, -0.05) is 0 Å². The van der Waals surface area contributed by atoms with Crippen LogP contribution in [0.25, 0.3) is 0 Å². The van der Waals surface area contributed by atoms with Crippen molar-refractivity contribution >= 4 is 37.3 Å². The van der Waals surface area contributed by atoms with Gasteiger partial charge in [0.15, 0.2) is 0 Å². The summed E-state index contributed by atoms with van der Waals surface area (Å²) in [5, 5.41) is 0. The standard InChI is InChI=1S/C9H13BrN2O2S2/c10-8-1-2-9(15-8)16(13,14)12-4-3-7(5-11)6-12/h1-2,7H,3-6,11H2/t7-/m1/s1. The molecule has 16 heavy (non-hydrogen) atoms. The summed E-state index contributed by atoms with van der Waals surface area (Å²) in [5.41, 5.74) is 5.56. The van der Waals surface area contributed by atoms with Crippen LogP contribution in [0.4, 0.5) is 0 Å². The van der Waals surface area contributed by atoms with Crippen LogP contribution in [0.15, 0.2) is 20.1 Å². The summed E-state index contributed by atoms with van der Waals surface area (Å²) in [5.74, 6) is 0.304. The monoisotopic (exact) mass is 324 g/mol. The Bertz CT molecular complexity index is 472. The molecule has 0 amide bonds. The molecule has 1 fully saturated rings. The van der Waals surface area contributed by atoms with Gasteiger partial charge < -0.3 is 5.73 Å². The van der Waals surface area contributed by atoms with Crippen LogP contribution < -0.4 is 5.73 Å². The first kappa shape index (κ1) is 12.5. The van der Waals surface area contributed by atoms with Gasteiger partial charge in [0.05, 0.1) is 3.79 Å². The van der Waals surface area contributed by atoms with E-state index in [2.05, 4.69) is 15.9 Å². The van der Waals surface area contributed by atoms with Crippen molar-refractivity contribution in [1.29, 1.82) is 0 Å². The Hall–Kier alpha value is 0.0500. The molecule has 0 radical (unpaired) electrons. The fraction of sp³-hybridized carbons (Fsp3) is 0.556. The summed E-state index contributed by atoms with van der Waals surface area (Å²) < 4.78 is 27.1. The minimum atomic E-state index is -3.29. The van der Waals surface area contributed by atoms with Gasteiger partial charge in [0.2, 0.25) is 0 Å². The summed E-state index contributed by atoms with van der Waals surface area (Å²) in [4.78, 5) is 0. The summed E-state index contributed by atoms with van der Waals surface area (Å²) in [6.45, 7) is 1.69. The molecular formula is C9H13BrN2O2S2. The molecule has 1 aliphatic heterocycles. The van der Waals surface area contributed by atoms with Crippen LogP contribution in [-0.4, -0.2) is 32.4 Å². The predicted molar refractivity (Wildman–Crippen MR) is 67.9 cm³/mol. The second kappa shape index (κ2) is 4.73. The average Bonchev–Trinajstić information content (AvgIpc) is 2.85. The van der Waals surface area contributed by atoms with Gasteiger partial charge in [-0.15, -0.1) is 11.3 Å². The lowest BCUT2D eigenvalue weighted by Gasteiger charge is -2.14. The van der Waals surface area contributed by atoms with E-state index in [9.17, 15) is 8.42 Å². The van der Waals surface area contributed by atoms with Gasteiger partial charge in [0.1, 0.15) is 4.21 Å². The molecule has 2 N–H and O–H groups in total. The zero-order valence-corrected chi connectivity index (χ0v) is 11.8. The molecule has 90 valence electrons. The van der Waals surface area contributed by atoms with E-state index in [0.717, 1.165) is 10.2 Å². The molecule has 1 atom stereocenters. The van der Waals surface area contributed by atoms with Crippen LogP contribution in [0.3, 0.4) is 0 Å². The number of hydrogen-bond acceptors (Lipinski definition) is 4. The zero-order valence-electron chi connectivity index (χ0n) is 8.60. The first-order valence-electron chi connectivity index (χ1n) is 4.99. The Morgan fingerprint density at radius 1 is 1.56 bits per heavy atom. The summed E-state index contributed by atoms with van der Waals surface area (Å²) >= 11 is 4.52. The number of thiophene rings is 1. The van der Waals surface area contributed by atoms with Gasteiger partial charge in [0, 0.05) is 13.1 Å². The highest BCUT2D eigenvalue weighted by atomic mass is 79.9. The normalized spacial score (nSPS) is 22.8. The SMILES string of the molecule is NC[C@H]1CCN(S(=O)(=O)c2ccc(Br)s2)C1. The van der Waals surface area contributed by atoms with Gasteiger partial charge in [-0.3, -0.25) is 0 Å². The number of hydrogen-bond donors (Lipinski definition) is 1. The second-order valence-corrected chi connectivity index (χ2v) is 8.44. The van der Waals surface area contributed by atoms with Crippen LogP contribution >= 0.6 is 27.3 Å². The summed E-state index contributed by atoms with van der Waals surface area (Å²) in [6, 6.07) is 3.40. The van der Waals surface area contributed by atoms with Crippen molar-refractivity contribution < 1.29 is 8.42 Å². The number of sulfonamides is 1. The van der Waals surface area contributed by atoms with E-state index in [4.69, 9.17) is 5.73 Å². The van der Waals surface area contributed by atoms with E-state index in [1.807, 2.05) is 0 Å². The lowest BCUT2D eigenvalue weighted by Crippen LogP contribution is -2.29. The Morgan fingerprint density at radius 2 is 2.31 bits per heavy atom. The molecule has 0 bridgehead atoms.